The highest BCUT2D eigenvalue weighted by Gasteiger charge is 2.30. The van der Waals surface area contributed by atoms with E-state index in [1.54, 1.807) is 18.2 Å². The van der Waals surface area contributed by atoms with Crippen LogP contribution in [0.2, 0.25) is 0 Å². The number of methoxy groups -OCH3 is 2. The van der Waals surface area contributed by atoms with Gasteiger partial charge >= 0.3 is 12.1 Å². The second-order valence-electron chi connectivity index (χ2n) is 6.06. The zero-order chi connectivity index (χ0) is 22.3. The Labute approximate surface area is 171 Å². The van der Waals surface area contributed by atoms with Crippen LogP contribution in [0.3, 0.4) is 0 Å². The molecule has 1 N–H and O–H groups in total. The Hall–Kier alpha value is -3.49. The minimum absolute atomic E-state index is 0.0608. The maximum atomic E-state index is 12.8. The van der Waals surface area contributed by atoms with E-state index >= 15 is 0 Å². The first-order valence-electron chi connectivity index (χ1n) is 8.73. The minimum Gasteiger partial charge on any atom is -0.493 e. The van der Waals surface area contributed by atoms with Crippen molar-refractivity contribution in [3.8, 4) is 11.5 Å². The molecule has 6 nitrogen and oxygen atoms in total. The van der Waals surface area contributed by atoms with Crippen molar-refractivity contribution in [2.45, 2.75) is 19.2 Å². The standard InChI is InChI=1S/C21H20F3NO5/c1-13(20(27)25-16-8-5-7-15(12-16)21(22,23)24)30-18(26)11-10-14-6-4-9-17(28-2)19(14)29-3/h4-13H,1-3H3,(H,25,27)/b11-10+. The van der Waals surface area contributed by atoms with Gasteiger partial charge in [0.2, 0.25) is 0 Å². The molecule has 0 aliphatic heterocycles. The van der Waals surface area contributed by atoms with Crippen molar-refractivity contribution in [2.24, 2.45) is 0 Å². The molecule has 2 rings (SSSR count). The number of carbonyl (C=O) groups is 2. The first-order valence-corrected chi connectivity index (χ1v) is 8.73. The number of para-hydroxylation sites is 1. The van der Waals surface area contributed by atoms with Gasteiger partial charge in [0.05, 0.1) is 19.8 Å². The second kappa shape index (κ2) is 9.82. The number of esters is 1. The van der Waals surface area contributed by atoms with E-state index < -0.39 is 29.7 Å². The number of halogens is 3. The molecule has 0 fully saturated rings. The van der Waals surface area contributed by atoms with Crippen LogP contribution in [0.5, 0.6) is 11.5 Å². The molecule has 1 atom stereocenters. The average Bonchev–Trinajstić information content (AvgIpc) is 2.71. The van der Waals surface area contributed by atoms with E-state index in [2.05, 4.69) is 5.32 Å². The number of hydrogen-bond donors (Lipinski definition) is 1. The van der Waals surface area contributed by atoms with Crippen molar-refractivity contribution < 1.29 is 37.0 Å². The summed E-state index contributed by atoms with van der Waals surface area (Å²) in [5.74, 6) is -0.692. The number of hydrogen-bond acceptors (Lipinski definition) is 5. The quantitative estimate of drug-likeness (QED) is 0.531. The Morgan fingerprint density at radius 3 is 2.40 bits per heavy atom. The third-order valence-corrected chi connectivity index (χ3v) is 3.95. The predicted octanol–water partition coefficient (Wildman–Crippen LogP) is 4.31. The van der Waals surface area contributed by atoms with Crippen LogP contribution in [0.1, 0.15) is 18.1 Å². The Morgan fingerprint density at radius 2 is 1.77 bits per heavy atom. The van der Waals surface area contributed by atoms with Crippen LogP contribution in [0.25, 0.3) is 6.08 Å². The molecule has 0 bridgehead atoms. The van der Waals surface area contributed by atoms with Crippen molar-refractivity contribution >= 4 is 23.6 Å². The van der Waals surface area contributed by atoms with E-state index in [0.717, 1.165) is 18.2 Å². The van der Waals surface area contributed by atoms with Gasteiger partial charge in [-0.05, 0) is 37.3 Å². The maximum absolute atomic E-state index is 12.8. The number of benzene rings is 2. The molecule has 0 saturated heterocycles. The smallest absolute Gasteiger partial charge is 0.416 e. The minimum atomic E-state index is -4.54. The highest BCUT2D eigenvalue weighted by molar-refractivity contribution is 5.96. The van der Waals surface area contributed by atoms with E-state index in [0.29, 0.717) is 17.1 Å². The lowest BCUT2D eigenvalue weighted by Gasteiger charge is -2.14. The van der Waals surface area contributed by atoms with Gasteiger partial charge in [-0.15, -0.1) is 0 Å². The second-order valence-corrected chi connectivity index (χ2v) is 6.06. The monoisotopic (exact) mass is 423 g/mol. The molecule has 2 aromatic carbocycles. The van der Waals surface area contributed by atoms with E-state index in [-0.39, 0.29) is 5.69 Å². The molecule has 30 heavy (non-hydrogen) atoms. The third-order valence-electron chi connectivity index (χ3n) is 3.95. The van der Waals surface area contributed by atoms with Gasteiger partial charge in [0, 0.05) is 17.3 Å². The number of anilines is 1. The Kier molecular flexibility index (Phi) is 7.46. The fourth-order valence-electron chi connectivity index (χ4n) is 2.49. The van der Waals surface area contributed by atoms with Crippen LogP contribution < -0.4 is 14.8 Å². The number of ether oxygens (including phenoxy) is 3. The molecule has 9 heteroatoms. The summed E-state index contributed by atoms with van der Waals surface area (Å²) < 4.78 is 53.7. The Morgan fingerprint density at radius 1 is 1.07 bits per heavy atom. The van der Waals surface area contributed by atoms with E-state index in [4.69, 9.17) is 14.2 Å². The molecule has 0 aromatic heterocycles. The SMILES string of the molecule is COc1cccc(/C=C/C(=O)OC(C)C(=O)Nc2cccc(C(F)(F)F)c2)c1OC. The van der Waals surface area contributed by atoms with E-state index in [9.17, 15) is 22.8 Å². The fourth-order valence-corrected chi connectivity index (χ4v) is 2.49. The zero-order valence-corrected chi connectivity index (χ0v) is 16.4. The van der Waals surface area contributed by atoms with Crippen LogP contribution in [-0.4, -0.2) is 32.2 Å². The summed E-state index contributed by atoms with van der Waals surface area (Å²) in [7, 11) is 2.93. The highest BCUT2D eigenvalue weighted by atomic mass is 19.4. The third kappa shape index (κ3) is 6.00. The highest BCUT2D eigenvalue weighted by Crippen LogP contribution is 2.32. The normalized spacial score (nSPS) is 12.3. The molecule has 1 unspecified atom stereocenters. The first-order chi connectivity index (χ1) is 14.2. The van der Waals surface area contributed by atoms with Gasteiger partial charge in [-0.1, -0.05) is 18.2 Å². The topological polar surface area (TPSA) is 73.9 Å². The van der Waals surface area contributed by atoms with Crippen LogP contribution in [0.4, 0.5) is 18.9 Å². The van der Waals surface area contributed by atoms with Crippen molar-refractivity contribution in [1.82, 2.24) is 0 Å². The van der Waals surface area contributed by atoms with Gasteiger partial charge in [-0.3, -0.25) is 4.79 Å². The van der Waals surface area contributed by atoms with E-state index in [1.807, 2.05) is 0 Å². The zero-order valence-electron chi connectivity index (χ0n) is 16.4. The van der Waals surface area contributed by atoms with Crippen LogP contribution in [0.15, 0.2) is 48.5 Å². The predicted molar refractivity (Wildman–Crippen MR) is 104 cm³/mol. The van der Waals surface area contributed by atoms with Gasteiger partial charge in [-0.25, -0.2) is 4.79 Å². The van der Waals surface area contributed by atoms with Gasteiger partial charge in [0.25, 0.3) is 5.91 Å². The van der Waals surface area contributed by atoms with Gasteiger partial charge < -0.3 is 19.5 Å². The van der Waals surface area contributed by atoms with Crippen LogP contribution >= 0.6 is 0 Å². The molecular weight excluding hydrogens is 403 g/mol. The average molecular weight is 423 g/mol. The Bertz CT molecular complexity index is 940. The van der Waals surface area contributed by atoms with Crippen molar-refractivity contribution in [3.63, 3.8) is 0 Å². The number of rotatable bonds is 7. The molecule has 160 valence electrons. The van der Waals surface area contributed by atoms with Crippen LogP contribution in [-0.2, 0) is 20.5 Å². The van der Waals surface area contributed by atoms with Crippen molar-refractivity contribution in [1.29, 1.82) is 0 Å². The van der Waals surface area contributed by atoms with Crippen molar-refractivity contribution in [2.75, 3.05) is 19.5 Å². The lowest BCUT2D eigenvalue weighted by Crippen LogP contribution is -2.29. The summed E-state index contributed by atoms with van der Waals surface area (Å²) >= 11 is 0. The number of amides is 1. The molecule has 0 heterocycles. The van der Waals surface area contributed by atoms with Gasteiger partial charge in [0.1, 0.15) is 0 Å². The fraction of sp³-hybridized carbons (Fsp3) is 0.238. The lowest BCUT2D eigenvalue weighted by molar-refractivity contribution is -0.148. The van der Waals surface area contributed by atoms with Crippen LogP contribution in [0, 0.1) is 0 Å². The molecule has 0 aliphatic rings. The largest absolute Gasteiger partial charge is 0.493 e. The number of carbonyl (C=O) groups excluding carboxylic acids is 2. The van der Waals surface area contributed by atoms with Crippen molar-refractivity contribution in [3.05, 3.63) is 59.7 Å². The summed E-state index contributed by atoms with van der Waals surface area (Å²) in [6.45, 7) is 1.31. The summed E-state index contributed by atoms with van der Waals surface area (Å²) in [6, 6.07) is 9.23. The molecular formula is C21H20F3NO5. The summed E-state index contributed by atoms with van der Waals surface area (Å²) in [4.78, 5) is 24.2. The van der Waals surface area contributed by atoms with E-state index in [1.165, 1.54) is 39.4 Å². The summed E-state index contributed by atoms with van der Waals surface area (Å²) in [5, 5.41) is 2.29. The first kappa shape index (κ1) is 22.8. The molecule has 0 spiro atoms. The molecule has 2 aromatic rings. The molecule has 1 amide bonds. The Balaban J connectivity index is 2.01. The number of nitrogens with one attached hydrogen (secondary N) is 1. The molecule has 0 radical (unpaired) electrons. The van der Waals surface area contributed by atoms with Gasteiger partial charge in [-0.2, -0.15) is 13.2 Å². The summed E-state index contributed by atoms with van der Waals surface area (Å²) in [5.41, 5.74) is -0.413. The molecule has 0 saturated carbocycles. The lowest BCUT2D eigenvalue weighted by atomic mass is 10.1. The molecule has 0 aliphatic carbocycles. The summed E-state index contributed by atoms with van der Waals surface area (Å²) in [6.07, 6.45) is -3.24. The number of alkyl halides is 3. The maximum Gasteiger partial charge on any atom is 0.416 e. The van der Waals surface area contributed by atoms with Gasteiger partial charge in [0.15, 0.2) is 17.6 Å².